The number of fused-ring (bicyclic) bond motifs is 2. The van der Waals surface area contributed by atoms with E-state index in [0.717, 1.165) is 45.4 Å². The fourth-order valence-corrected chi connectivity index (χ4v) is 4.23. The van der Waals surface area contributed by atoms with Crippen molar-refractivity contribution in [2.75, 3.05) is 26.2 Å². The van der Waals surface area contributed by atoms with E-state index in [9.17, 15) is 9.59 Å². The third-order valence-electron chi connectivity index (χ3n) is 5.72. The lowest BCUT2D eigenvalue weighted by molar-refractivity contribution is 0.0775. The Kier molecular flexibility index (Phi) is 6.17. The van der Waals surface area contributed by atoms with Gasteiger partial charge in [-0.05, 0) is 24.3 Å². The Labute approximate surface area is 165 Å². The third kappa shape index (κ3) is 3.73. The van der Waals surface area contributed by atoms with Crippen molar-refractivity contribution in [1.29, 1.82) is 0 Å². The van der Waals surface area contributed by atoms with E-state index in [0.29, 0.717) is 34.8 Å². The molecule has 2 aliphatic heterocycles. The standard InChI is InChI=1S/C20H26N4O2.ClH/c1-2-3-6-9-24-19(25)17-8-5-4-7-16(17)18(22-24)20(26)23-12-14-10-21-11-15(14)13-23;/h4-5,7-8,14-15,21H,2-3,6,9-13H2,1H3;1H/t14-,15+;. The summed E-state index contributed by atoms with van der Waals surface area (Å²) in [5, 5.41) is 9.16. The Morgan fingerprint density at radius 1 is 1.15 bits per heavy atom. The number of hydrogen-bond acceptors (Lipinski definition) is 4. The second-order valence-corrected chi connectivity index (χ2v) is 7.52. The van der Waals surface area contributed by atoms with Crippen LogP contribution in [0.2, 0.25) is 0 Å². The quantitative estimate of drug-likeness (QED) is 0.795. The number of likely N-dealkylation sites (tertiary alicyclic amines) is 1. The molecule has 2 aromatic rings. The molecule has 1 N–H and O–H groups in total. The first-order valence-electron chi connectivity index (χ1n) is 9.69. The van der Waals surface area contributed by atoms with Crippen molar-refractivity contribution in [3.63, 3.8) is 0 Å². The number of rotatable bonds is 5. The van der Waals surface area contributed by atoms with E-state index in [1.165, 1.54) is 4.68 Å². The zero-order valence-corrected chi connectivity index (χ0v) is 16.5. The van der Waals surface area contributed by atoms with Crippen molar-refractivity contribution in [3.05, 3.63) is 40.3 Å². The Morgan fingerprint density at radius 2 is 1.81 bits per heavy atom. The Morgan fingerprint density at radius 3 is 2.48 bits per heavy atom. The van der Waals surface area contributed by atoms with Gasteiger partial charge >= 0.3 is 0 Å². The molecule has 0 saturated carbocycles. The number of carbonyl (C=O) groups excluding carboxylic acids is 1. The van der Waals surface area contributed by atoms with Gasteiger partial charge in [-0.25, -0.2) is 4.68 Å². The number of nitrogens with zero attached hydrogens (tertiary/aromatic N) is 3. The van der Waals surface area contributed by atoms with E-state index >= 15 is 0 Å². The minimum absolute atomic E-state index is 0. The molecule has 1 aromatic heterocycles. The van der Waals surface area contributed by atoms with E-state index in [-0.39, 0.29) is 23.9 Å². The monoisotopic (exact) mass is 390 g/mol. The predicted molar refractivity (Wildman–Crippen MR) is 109 cm³/mol. The molecule has 2 saturated heterocycles. The van der Waals surface area contributed by atoms with Crippen LogP contribution in [-0.4, -0.2) is 46.8 Å². The van der Waals surface area contributed by atoms with Crippen LogP contribution in [0.15, 0.2) is 29.1 Å². The Bertz CT molecular complexity index is 870. The summed E-state index contributed by atoms with van der Waals surface area (Å²) in [4.78, 5) is 27.9. The summed E-state index contributed by atoms with van der Waals surface area (Å²) in [6.07, 6.45) is 3.03. The summed E-state index contributed by atoms with van der Waals surface area (Å²) in [5.74, 6) is 1.04. The van der Waals surface area contributed by atoms with Crippen molar-refractivity contribution in [3.8, 4) is 0 Å². The molecule has 146 valence electrons. The van der Waals surface area contributed by atoms with Gasteiger partial charge in [0.25, 0.3) is 11.5 Å². The summed E-state index contributed by atoms with van der Waals surface area (Å²) in [7, 11) is 0. The molecule has 1 aromatic carbocycles. The highest BCUT2D eigenvalue weighted by Crippen LogP contribution is 2.28. The highest BCUT2D eigenvalue weighted by atomic mass is 35.5. The molecule has 27 heavy (non-hydrogen) atoms. The number of unbranched alkanes of at least 4 members (excludes halogenated alkanes) is 2. The highest BCUT2D eigenvalue weighted by molar-refractivity contribution is 6.04. The van der Waals surface area contributed by atoms with Gasteiger partial charge in [0.15, 0.2) is 5.69 Å². The van der Waals surface area contributed by atoms with Crippen LogP contribution in [0, 0.1) is 11.8 Å². The normalized spacial score (nSPS) is 21.3. The number of halogens is 1. The second kappa shape index (κ2) is 8.40. The molecule has 3 heterocycles. The van der Waals surface area contributed by atoms with Crippen LogP contribution in [0.5, 0.6) is 0 Å². The van der Waals surface area contributed by atoms with Crippen LogP contribution in [0.4, 0.5) is 0 Å². The SMILES string of the molecule is CCCCCn1nc(C(=O)N2C[C@H]3CNC[C@H]3C2)c2ccccc2c1=O.Cl. The number of nitrogens with one attached hydrogen (secondary N) is 1. The van der Waals surface area contributed by atoms with Gasteiger partial charge in [-0.3, -0.25) is 9.59 Å². The van der Waals surface area contributed by atoms with E-state index in [1.807, 2.05) is 23.1 Å². The van der Waals surface area contributed by atoms with Crippen LogP contribution in [-0.2, 0) is 6.54 Å². The third-order valence-corrected chi connectivity index (χ3v) is 5.72. The van der Waals surface area contributed by atoms with Crippen molar-refractivity contribution in [1.82, 2.24) is 20.0 Å². The average Bonchev–Trinajstić information content (AvgIpc) is 3.25. The largest absolute Gasteiger partial charge is 0.337 e. The molecule has 0 spiro atoms. The summed E-state index contributed by atoms with van der Waals surface area (Å²) in [6, 6.07) is 7.35. The first-order chi connectivity index (χ1) is 12.7. The number of aromatic nitrogens is 2. The fourth-order valence-electron chi connectivity index (χ4n) is 4.23. The number of carbonyl (C=O) groups is 1. The lowest BCUT2D eigenvalue weighted by atomic mass is 10.0. The van der Waals surface area contributed by atoms with Gasteiger partial charge in [0.05, 0.1) is 5.39 Å². The Hall–Kier alpha value is -1.92. The summed E-state index contributed by atoms with van der Waals surface area (Å²) in [5.41, 5.74) is 0.320. The van der Waals surface area contributed by atoms with Crippen molar-refractivity contribution < 1.29 is 4.79 Å². The maximum Gasteiger partial charge on any atom is 0.274 e. The number of benzene rings is 1. The van der Waals surface area contributed by atoms with Gasteiger partial charge in [-0.1, -0.05) is 38.0 Å². The average molecular weight is 391 g/mol. The molecule has 1 amide bonds. The lowest BCUT2D eigenvalue weighted by Gasteiger charge is -2.19. The number of aryl methyl sites for hydroxylation is 1. The van der Waals surface area contributed by atoms with Crippen molar-refractivity contribution in [2.45, 2.75) is 32.7 Å². The zero-order chi connectivity index (χ0) is 18.1. The van der Waals surface area contributed by atoms with Gasteiger partial charge in [-0.15, -0.1) is 12.4 Å². The summed E-state index contributed by atoms with van der Waals surface area (Å²) >= 11 is 0. The molecule has 0 radical (unpaired) electrons. The van der Waals surface area contributed by atoms with Crippen LogP contribution in [0.25, 0.3) is 10.8 Å². The molecule has 2 aliphatic rings. The van der Waals surface area contributed by atoms with E-state index in [2.05, 4.69) is 17.3 Å². The van der Waals surface area contributed by atoms with Crippen LogP contribution < -0.4 is 10.9 Å². The summed E-state index contributed by atoms with van der Waals surface area (Å²) < 4.78 is 1.49. The highest BCUT2D eigenvalue weighted by Gasteiger charge is 2.39. The molecule has 2 atom stereocenters. The first kappa shape index (κ1) is 19.8. The molecular weight excluding hydrogens is 364 g/mol. The van der Waals surface area contributed by atoms with Crippen molar-refractivity contribution >= 4 is 29.1 Å². The molecular formula is C20H27ClN4O2. The van der Waals surface area contributed by atoms with E-state index in [4.69, 9.17) is 0 Å². The first-order valence-corrected chi connectivity index (χ1v) is 9.69. The second-order valence-electron chi connectivity index (χ2n) is 7.52. The molecule has 0 aliphatic carbocycles. The van der Waals surface area contributed by atoms with E-state index in [1.54, 1.807) is 6.07 Å². The molecule has 0 bridgehead atoms. The maximum absolute atomic E-state index is 13.2. The predicted octanol–water partition coefficient (Wildman–Crippen LogP) is 2.30. The topological polar surface area (TPSA) is 67.2 Å². The minimum Gasteiger partial charge on any atom is -0.337 e. The fraction of sp³-hybridized carbons (Fsp3) is 0.550. The minimum atomic E-state index is -0.101. The smallest absolute Gasteiger partial charge is 0.274 e. The molecule has 7 heteroatoms. The van der Waals surface area contributed by atoms with Crippen molar-refractivity contribution in [2.24, 2.45) is 11.8 Å². The van der Waals surface area contributed by atoms with Crippen LogP contribution in [0.1, 0.15) is 36.7 Å². The van der Waals surface area contributed by atoms with Crippen LogP contribution in [0.3, 0.4) is 0 Å². The Balaban J connectivity index is 0.00000210. The molecule has 4 rings (SSSR count). The van der Waals surface area contributed by atoms with Gasteiger partial charge in [0, 0.05) is 38.1 Å². The molecule has 0 unspecified atom stereocenters. The van der Waals surface area contributed by atoms with Crippen LogP contribution >= 0.6 is 12.4 Å². The van der Waals surface area contributed by atoms with Gasteiger partial charge in [0.1, 0.15) is 0 Å². The van der Waals surface area contributed by atoms with Gasteiger partial charge < -0.3 is 10.2 Å². The summed E-state index contributed by atoms with van der Waals surface area (Å²) in [6.45, 7) is 6.22. The number of hydrogen-bond donors (Lipinski definition) is 1. The molecule has 6 nitrogen and oxygen atoms in total. The molecule has 2 fully saturated rings. The van der Waals surface area contributed by atoms with E-state index < -0.39 is 0 Å². The maximum atomic E-state index is 13.2. The zero-order valence-electron chi connectivity index (χ0n) is 15.7. The van der Waals surface area contributed by atoms with Gasteiger partial charge in [-0.2, -0.15) is 5.10 Å². The lowest BCUT2D eigenvalue weighted by Crippen LogP contribution is -2.35. The van der Waals surface area contributed by atoms with Gasteiger partial charge in [0.2, 0.25) is 0 Å². The number of amides is 1.